The third kappa shape index (κ3) is 2.49. The van der Waals surface area contributed by atoms with E-state index in [4.69, 9.17) is 16.3 Å². The molecule has 2 aromatic rings. The number of phenols is 2. The maximum atomic E-state index is 9.84. The fourth-order valence-corrected chi connectivity index (χ4v) is 3.39. The lowest BCUT2D eigenvalue weighted by Crippen LogP contribution is -2.31. The molecule has 2 aromatic carbocycles. The van der Waals surface area contributed by atoms with Crippen LogP contribution in [0.4, 0.5) is 0 Å². The number of methoxy groups -OCH3 is 1. The maximum absolute atomic E-state index is 9.84. The molecule has 0 saturated heterocycles. The molecule has 1 aliphatic heterocycles. The van der Waals surface area contributed by atoms with E-state index in [0.29, 0.717) is 5.02 Å². The zero-order valence-corrected chi connectivity index (χ0v) is 13.2. The summed E-state index contributed by atoms with van der Waals surface area (Å²) in [5, 5.41) is 23.6. The van der Waals surface area contributed by atoms with Gasteiger partial charge in [0, 0.05) is 17.1 Å². The van der Waals surface area contributed by atoms with Crippen molar-refractivity contribution in [2.45, 2.75) is 19.4 Å². The van der Waals surface area contributed by atoms with Gasteiger partial charge in [0.25, 0.3) is 0 Å². The summed E-state index contributed by atoms with van der Waals surface area (Å²) < 4.78 is 5.54. The molecule has 1 heterocycles. The number of aromatic hydroxyl groups is 2. The van der Waals surface area contributed by atoms with Crippen LogP contribution in [0.15, 0.2) is 24.3 Å². The van der Waals surface area contributed by atoms with Gasteiger partial charge in [-0.05, 0) is 54.3 Å². The lowest BCUT2D eigenvalue weighted by Gasteiger charge is -2.29. The maximum Gasteiger partial charge on any atom is 0.157 e. The molecule has 1 aliphatic rings. The third-order valence-corrected chi connectivity index (χ3v) is 4.29. The normalized spacial score (nSPS) is 17.1. The Morgan fingerprint density at radius 2 is 1.86 bits per heavy atom. The average Bonchev–Trinajstić information content (AvgIpc) is 2.47. The van der Waals surface area contributed by atoms with Gasteiger partial charge < -0.3 is 20.3 Å². The van der Waals surface area contributed by atoms with E-state index in [1.165, 1.54) is 0 Å². The van der Waals surface area contributed by atoms with Gasteiger partial charge >= 0.3 is 0 Å². The van der Waals surface area contributed by atoms with Crippen LogP contribution in [0.5, 0.6) is 17.2 Å². The summed E-state index contributed by atoms with van der Waals surface area (Å²) in [7, 11) is 1.64. The van der Waals surface area contributed by atoms with Crippen LogP contribution in [-0.2, 0) is 6.42 Å². The predicted octanol–water partition coefficient (Wildman–Crippen LogP) is 3.30. The predicted molar refractivity (Wildman–Crippen MR) is 86.1 cm³/mol. The molecule has 0 spiro atoms. The molecule has 0 saturated carbocycles. The zero-order valence-electron chi connectivity index (χ0n) is 12.5. The highest BCUT2D eigenvalue weighted by Crippen LogP contribution is 2.40. The average molecular weight is 320 g/mol. The van der Waals surface area contributed by atoms with E-state index < -0.39 is 0 Å². The second-order valence-corrected chi connectivity index (χ2v) is 5.96. The molecule has 0 amide bonds. The van der Waals surface area contributed by atoms with Crippen molar-refractivity contribution in [2.75, 3.05) is 13.7 Å². The van der Waals surface area contributed by atoms with E-state index in [2.05, 4.69) is 5.32 Å². The van der Waals surface area contributed by atoms with Crippen molar-refractivity contribution in [1.82, 2.24) is 5.32 Å². The van der Waals surface area contributed by atoms with Gasteiger partial charge in [-0.15, -0.1) is 0 Å². The molecule has 0 aliphatic carbocycles. The van der Waals surface area contributed by atoms with Crippen LogP contribution in [0, 0.1) is 6.92 Å². The Labute approximate surface area is 134 Å². The van der Waals surface area contributed by atoms with Gasteiger partial charge in [0.1, 0.15) is 5.75 Å². The second-order valence-electron chi connectivity index (χ2n) is 5.52. The van der Waals surface area contributed by atoms with E-state index in [-0.39, 0.29) is 17.5 Å². The highest BCUT2D eigenvalue weighted by molar-refractivity contribution is 6.30. The number of phenolic OH excluding ortho intramolecular Hbond substituents is 2. The van der Waals surface area contributed by atoms with E-state index in [9.17, 15) is 10.2 Å². The summed E-state index contributed by atoms with van der Waals surface area (Å²) in [6.45, 7) is 2.73. The molecule has 4 nitrogen and oxygen atoms in total. The Morgan fingerprint density at radius 3 is 2.59 bits per heavy atom. The summed E-state index contributed by atoms with van der Waals surface area (Å²) in [5.41, 5.74) is 3.83. The first-order valence-electron chi connectivity index (χ1n) is 7.13. The molecule has 5 heteroatoms. The van der Waals surface area contributed by atoms with E-state index >= 15 is 0 Å². The quantitative estimate of drug-likeness (QED) is 0.743. The second kappa shape index (κ2) is 5.71. The van der Waals surface area contributed by atoms with Crippen molar-refractivity contribution < 1.29 is 14.9 Å². The first-order chi connectivity index (χ1) is 10.5. The SMILES string of the molecule is COc1c(C)cc(Cl)cc1C1NCCc2cc(O)c(O)cc21. The summed E-state index contributed by atoms with van der Waals surface area (Å²) >= 11 is 6.21. The smallest absolute Gasteiger partial charge is 0.157 e. The van der Waals surface area contributed by atoms with Gasteiger partial charge in [-0.1, -0.05) is 11.6 Å². The van der Waals surface area contributed by atoms with Crippen molar-refractivity contribution in [3.05, 3.63) is 51.5 Å². The number of halogens is 1. The number of ether oxygens (including phenoxy) is 1. The first kappa shape index (κ1) is 15.0. The lowest BCUT2D eigenvalue weighted by atomic mass is 9.88. The molecule has 0 aromatic heterocycles. The molecule has 22 heavy (non-hydrogen) atoms. The number of nitrogens with one attached hydrogen (secondary N) is 1. The van der Waals surface area contributed by atoms with E-state index in [1.807, 2.05) is 19.1 Å². The van der Waals surface area contributed by atoms with Crippen molar-refractivity contribution in [3.8, 4) is 17.2 Å². The van der Waals surface area contributed by atoms with Crippen LogP contribution in [0.3, 0.4) is 0 Å². The van der Waals surface area contributed by atoms with Crippen molar-refractivity contribution in [1.29, 1.82) is 0 Å². The van der Waals surface area contributed by atoms with Gasteiger partial charge in [0.05, 0.1) is 13.2 Å². The van der Waals surface area contributed by atoms with E-state index in [1.54, 1.807) is 19.2 Å². The largest absolute Gasteiger partial charge is 0.504 e. The Hall–Kier alpha value is -1.91. The zero-order chi connectivity index (χ0) is 15.9. The molecule has 0 fully saturated rings. The Kier molecular flexibility index (Phi) is 3.89. The summed E-state index contributed by atoms with van der Waals surface area (Å²) in [5.74, 6) is 0.570. The van der Waals surface area contributed by atoms with Crippen LogP contribution in [0.1, 0.15) is 28.3 Å². The molecule has 3 N–H and O–H groups in total. The molecule has 116 valence electrons. The molecular weight excluding hydrogens is 302 g/mol. The van der Waals surface area contributed by atoms with Crippen molar-refractivity contribution in [2.24, 2.45) is 0 Å². The van der Waals surface area contributed by atoms with Crippen molar-refractivity contribution in [3.63, 3.8) is 0 Å². The number of rotatable bonds is 2. The third-order valence-electron chi connectivity index (χ3n) is 4.07. The molecule has 0 radical (unpaired) electrons. The highest BCUT2D eigenvalue weighted by Gasteiger charge is 2.26. The molecular formula is C17H18ClNO3. The topological polar surface area (TPSA) is 61.7 Å². The summed E-state index contributed by atoms with van der Waals surface area (Å²) in [6, 6.07) is 6.84. The molecule has 1 atom stereocenters. The number of fused-ring (bicyclic) bond motifs is 1. The van der Waals surface area contributed by atoms with Gasteiger partial charge in [0.15, 0.2) is 11.5 Å². The highest BCUT2D eigenvalue weighted by atomic mass is 35.5. The number of benzene rings is 2. The monoisotopic (exact) mass is 319 g/mol. The summed E-state index contributed by atoms with van der Waals surface area (Å²) in [6.07, 6.45) is 0.793. The van der Waals surface area contributed by atoms with Crippen LogP contribution in [0.2, 0.25) is 5.02 Å². The van der Waals surface area contributed by atoms with Gasteiger partial charge in [-0.2, -0.15) is 0 Å². The lowest BCUT2D eigenvalue weighted by molar-refractivity contribution is 0.394. The van der Waals surface area contributed by atoms with E-state index in [0.717, 1.165) is 41.0 Å². The van der Waals surface area contributed by atoms with Crippen molar-refractivity contribution >= 4 is 11.6 Å². The fraction of sp³-hybridized carbons (Fsp3) is 0.294. The van der Waals surface area contributed by atoms with Gasteiger partial charge in [-0.3, -0.25) is 0 Å². The van der Waals surface area contributed by atoms with Gasteiger partial charge in [0.2, 0.25) is 0 Å². The van der Waals surface area contributed by atoms with Gasteiger partial charge in [-0.25, -0.2) is 0 Å². The standard InChI is InChI=1S/C17H18ClNO3/c1-9-5-11(18)7-13(17(9)22-2)16-12-8-15(21)14(20)6-10(12)3-4-19-16/h5-8,16,19-21H,3-4H2,1-2H3. The Bertz CT molecular complexity index is 730. The van der Waals surface area contributed by atoms with Crippen LogP contribution in [0.25, 0.3) is 0 Å². The summed E-state index contributed by atoms with van der Waals surface area (Å²) in [4.78, 5) is 0. The minimum Gasteiger partial charge on any atom is -0.504 e. The van der Waals surface area contributed by atoms with Crippen LogP contribution >= 0.6 is 11.6 Å². The Balaban J connectivity index is 2.18. The Morgan fingerprint density at radius 1 is 1.14 bits per heavy atom. The number of hydrogen-bond acceptors (Lipinski definition) is 4. The van der Waals surface area contributed by atoms with Crippen LogP contribution < -0.4 is 10.1 Å². The number of hydrogen-bond donors (Lipinski definition) is 3. The first-order valence-corrected chi connectivity index (χ1v) is 7.51. The number of aryl methyl sites for hydroxylation is 1. The molecule has 0 bridgehead atoms. The molecule has 3 rings (SSSR count). The fourth-order valence-electron chi connectivity index (χ4n) is 3.11. The molecule has 1 unspecified atom stereocenters. The van der Waals surface area contributed by atoms with Crippen LogP contribution in [-0.4, -0.2) is 23.9 Å². The minimum atomic E-state index is -0.136. The minimum absolute atomic E-state index is 0.0892.